The van der Waals surface area contributed by atoms with E-state index in [0.717, 1.165) is 0 Å². The second-order valence-electron chi connectivity index (χ2n) is 2.61. The van der Waals surface area contributed by atoms with Gasteiger partial charge in [0.05, 0.1) is 5.69 Å². The molecule has 1 aromatic rings. The number of nitrogens with two attached hydrogens (primary N) is 1. The fraction of sp³-hybridized carbons (Fsp3) is 0.250. The molecule has 13 heavy (non-hydrogen) atoms. The van der Waals surface area contributed by atoms with Crippen LogP contribution in [-0.2, 0) is 7.05 Å². The Kier molecular flexibility index (Phi) is 2.69. The summed E-state index contributed by atoms with van der Waals surface area (Å²) in [6.45, 7) is 3.89. The minimum absolute atomic E-state index is 0.254. The monoisotopic (exact) mass is 180 g/mol. The molecule has 0 aliphatic rings. The van der Waals surface area contributed by atoms with Crippen LogP contribution >= 0.6 is 0 Å². The summed E-state index contributed by atoms with van der Waals surface area (Å²) < 4.78 is 1.50. The Labute approximate surface area is 76.2 Å². The van der Waals surface area contributed by atoms with E-state index >= 15 is 0 Å². The molecule has 3 N–H and O–H groups in total. The molecule has 5 nitrogen and oxygen atoms in total. The first kappa shape index (κ1) is 9.31. The van der Waals surface area contributed by atoms with Crippen molar-refractivity contribution in [3.8, 4) is 0 Å². The third-order valence-corrected chi connectivity index (χ3v) is 1.48. The maximum atomic E-state index is 11.3. The lowest BCUT2D eigenvalue weighted by Gasteiger charge is -1.98. The number of rotatable bonds is 3. The molecule has 0 saturated carbocycles. The number of carbonyl (C=O) groups excluding carboxylic acids is 1. The molecule has 1 heterocycles. The van der Waals surface area contributed by atoms with Crippen molar-refractivity contribution in [2.45, 2.75) is 0 Å². The van der Waals surface area contributed by atoms with Crippen molar-refractivity contribution in [2.24, 2.45) is 7.05 Å². The second kappa shape index (κ2) is 3.75. The molecule has 0 spiro atoms. The predicted molar refractivity (Wildman–Crippen MR) is 50.2 cm³/mol. The lowest BCUT2D eigenvalue weighted by molar-refractivity contribution is 0.0953. The fourth-order valence-electron chi connectivity index (χ4n) is 0.932. The van der Waals surface area contributed by atoms with Crippen LogP contribution in [0.25, 0.3) is 0 Å². The molecule has 0 aliphatic carbocycles. The lowest BCUT2D eigenvalue weighted by Crippen LogP contribution is -2.24. The molecule has 0 atom stereocenters. The van der Waals surface area contributed by atoms with E-state index in [1.54, 1.807) is 19.3 Å². The van der Waals surface area contributed by atoms with Crippen LogP contribution in [0.15, 0.2) is 18.9 Å². The molecule has 0 fully saturated rings. The zero-order valence-electron chi connectivity index (χ0n) is 7.45. The lowest BCUT2D eigenvalue weighted by atomic mass is 10.3. The molecule has 0 unspecified atom stereocenters. The Morgan fingerprint density at radius 3 is 3.08 bits per heavy atom. The minimum Gasteiger partial charge on any atom is -0.396 e. The number of aromatic nitrogens is 2. The minimum atomic E-state index is -0.280. The molecular formula is C8H12N4O. The van der Waals surface area contributed by atoms with Gasteiger partial charge in [-0.25, -0.2) is 0 Å². The summed E-state index contributed by atoms with van der Waals surface area (Å²) in [5.41, 5.74) is 6.18. The van der Waals surface area contributed by atoms with Crippen LogP contribution in [0.3, 0.4) is 0 Å². The van der Waals surface area contributed by atoms with Crippen LogP contribution in [0, 0.1) is 0 Å². The number of anilines is 1. The van der Waals surface area contributed by atoms with E-state index < -0.39 is 0 Å². The molecule has 70 valence electrons. The predicted octanol–water partition coefficient (Wildman–Crippen LogP) is -0.0819. The molecule has 1 amide bonds. The van der Waals surface area contributed by atoms with Crippen molar-refractivity contribution in [1.82, 2.24) is 15.1 Å². The van der Waals surface area contributed by atoms with E-state index in [0.29, 0.717) is 12.2 Å². The summed E-state index contributed by atoms with van der Waals surface area (Å²) in [6, 6.07) is 0. The number of amides is 1. The smallest absolute Gasteiger partial charge is 0.274 e. The van der Waals surface area contributed by atoms with E-state index in [1.807, 2.05) is 0 Å². The molecule has 0 bridgehead atoms. The first-order valence-corrected chi connectivity index (χ1v) is 3.83. The van der Waals surface area contributed by atoms with Crippen molar-refractivity contribution in [3.63, 3.8) is 0 Å². The number of carbonyl (C=O) groups is 1. The normalized spacial score (nSPS) is 9.62. The van der Waals surface area contributed by atoms with Gasteiger partial charge in [0, 0.05) is 19.8 Å². The van der Waals surface area contributed by atoms with Crippen LogP contribution in [0.4, 0.5) is 5.69 Å². The van der Waals surface area contributed by atoms with Gasteiger partial charge < -0.3 is 11.1 Å². The average molecular weight is 180 g/mol. The van der Waals surface area contributed by atoms with Crippen LogP contribution in [-0.4, -0.2) is 22.2 Å². The maximum absolute atomic E-state index is 11.3. The summed E-state index contributed by atoms with van der Waals surface area (Å²) in [6.07, 6.45) is 3.18. The van der Waals surface area contributed by atoms with Gasteiger partial charge in [-0.2, -0.15) is 5.10 Å². The highest BCUT2D eigenvalue weighted by molar-refractivity contribution is 5.97. The topological polar surface area (TPSA) is 72.9 Å². The molecule has 0 aliphatic heterocycles. The summed E-state index contributed by atoms with van der Waals surface area (Å²) in [5, 5.41) is 6.50. The molecular weight excluding hydrogens is 168 g/mol. The number of nitrogen functional groups attached to an aromatic ring is 1. The van der Waals surface area contributed by atoms with Crippen LogP contribution in [0.5, 0.6) is 0 Å². The van der Waals surface area contributed by atoms with Gasteiger partial charge in [-0.3, -0.25) is 9.48 Å². The van der Waals surface area contributed by atoms with Gasteiger partial charge in [-0.1, -0.05) is 6.08 Å². The van der Waals surface area contributed by atoms with Gasteiger partial charge in [-0.05, 0) is 0 Å². The SMILES string of the molecule is C=CCNC(=O)c1nn(C)cc1N. The highest BCUT2D eigenvalue weighted by atomic mass is 16.1. The van der Waals surface area contributed by atoms with Gasteiger partial charge in [0.1, 0.15) is 0 Å². The third kappa shape index (κ3) is 2.08. The quantitative estimate of drug-likeness (QED) is 0.639. The standard InChI is InChI=1S/C8H12N4O/c1-3-4-10-8(13)7-6(9)5-12(2)11-7/h3,5H,1,4,9H2,2H3,(H,10,13). The number of nitrogens with one attached hydrogen (secondary N) is 1. The van der Waals surface area contributed by atoms with Crippen LogP contribution in [0.1, 0.15) is 10.5 Å². The number of nitrogens with zero attached hydrogens (tertiary/aromatic N) is 2. The summed E-state index contributed by atoms with van der Waals surface area (Å²) in [5.74, 6) is -0.280. The van der Waals surface area contributed by atoms with Crippen molar-refractivity contribution in [1.29, 1.82) is 0 Å². The number of hydrogen-bond acceptors (Lipinski definition) is 3. The van der Waals surface area contributed by atoms with Crippen molar-refractivity contribution in [3.05, 3.63) is 24.5 Å². The largest absolute Gasteiger partial charge is 0.396 e. The van der Waals surface area contributed by atoms with E-state index in [1.165, 1.54) is 4.68 Å². The van der Waals surface area contributed by atoms with Crippen LogP contribution < -0.4 is 11.1 Å². The summed E-state index contributed by atoms with van der Waals surface area (Å²) in [4.78, 5) is 11.3. The average Bonchev–Trinajstić information content (AvgIpc) is 2.41. The van der Waals surface area contributed by atoms with Gasteiger partial charge >= 0.3 is 0 Å². The molecule has 0 radical (unpaired) electrons. The first-order chi connectivity index (χ1) is 6.15. The van der Waals surface area contributed by atoms with E-state index in [9.17, 15) is 4.79 Å². The molecule has 0 aromatic carbocycles. The van der Waals surface area contributed by atoms with E-state index in [2.05, 4.69) is 17.0 Å². The number of hydrogen-bond donors (Lipinski definition) is 2. The van der Waals surface area contributed by atoms with Gasteiger partial charge in [0.15, 0.2) is 5.69 Å². The zero-order valence-corrected chi connectivity index (χ0v) is 7.45. The first-order valence-electron chi connectivity index (χ1n) is 3.83. The van der Waals surface area contributed by atoms with Gasteiger partial charge in [0.2, 0.25) is 0 Å². The molecule has 0 saturated heterocycles. The van der Waals surface area contributed by atoms with E-state index in [4.69, 9.17) is 5.73 Å². The Balaban J connectivity index is 2.76. The Morgan fingerprint density at radius 2 is 2.62 bits per heavy atom. The Hall–Kier alpha value is -1.78. The maximum Gasteiger partial charge on any atom is 0.274 e. The van der Waals surface area contributed by atoms with Crippen molar-refractivity contribution < 1.29 is 4.79 Å². The van der Waals surface area contributed by atoms with Gasteiger partial charge in [-0.15, -0.1) is 6.58 Å². The van der Waals surface area contributed by atoms with Crippen molar-refractivity contribution in [2.75, 3.05) is 12.3 Å². The second-order valence-corrected chi connectivity index (χ2v) is 2.61. The summed E-state index contributed by atoms with van der Waals surface area (Å²) >= 11 is 0. The van der Waals surface area contributed by atoms with Gasteiger partial charge in [0.25, 0.3) is 5.91 Å². The van der Waals surface area contributed by atoms with Crippen molar-refractivity contribution >= 4 is 11.6 Å². The molecule has 1 aromatic heterocycles. The third-order valence-electron chi connectivity index (χ3n) is 1.48. The highest BCUT2D eigenvalue weighted by Gasteiger charge is 2.12. The number of aryl methyl sites for hydroxylation is 1. The molecule has 1 rings (SSSR count). The van der Waals surface area contributed by atoms with E-state index in [-0.39, 0.29) is 11.6 Å². The highest BCUT2D eigenvalue weighted by Crippen LogP contribution is 2.06. The summed E-state index contributed by atoms with van der Waals surface area (Å²) in [7, 11) is 1.71. The fourth-order valence-corrected chi connectivity index (χ4v) is 0.932. The zero-order chi connectivity index (χ0) is 9.84. The Morgan fingerprint density at radius 1 is 1.92 bits per heavy atom. The molecule has 5 heteroatoms. The van der Waals surface area contributed by atoms with Crippen LogP contribution in [0.2, 0.25) is 0 Å². The Bertz CT molecular complexity index is 329.